The lowest BCUT2D eigenvalue weighted by atomic mass is 10.1. The van der Waals surface area contributed by atoms with Gasteiger partial charge in [-0.2, -0.15) is 0 Å². The lowest BCUT2D eigenvalue weighted by molar-refractivity contribution is -0.126. The molecule has 7 nitrogen and oxygen atoms in total. The van der Waals surface area contributed by atoms with E-state index in [1.807, 2.05) is 17.6 Å². The van der Waals surface area contributed by atoms with Gasteiger partial charge in [0, 0.05) is 38.2 Å². The van der Waals surface area contributed by atoms with Gasteiger partial charge < -0.3 is 14.8 Å². The Balaban J connectivity index is 1.22. The number of anilines is 1. The van der Waals surface area contributed by atoms with Crippen LogP contribution < -0.4 is 10.2 Å². The molecule has 2 aromatic carbocycles. The summed E-state index contributed by atoms with van der Waals surface area (Å²) in [4.78, 5) is 27.1. The quantitative estimate of drug-likeness (QED) is 0.525. The summed E-state index contributed by atoms with van der Waals surface area (Å²) < 4.78 is 1.96. The summed E-state index contributed by atoms with van der Waals surface area (Å²) in [5.41, 5.74) is 5.94. The summed E-state index contributed by atoms with van der Waals surface area (Å²) in [6.45, 7) is 3.73. The average molecular weight is 415 g/mol. The predicted molar refractivity (Wildman–Crippen MR) is 118 cm³/mol. The number of hydrogen-bond acceptors (Lipinski definition) is 4. The molecule has 1 aliphatic carbocycles. The van der Waals surface area contributed by atoms with Crippen molar-refractivity contribution in [1.82, 2.24) is 20.1 Å². The van der Waals surface area contributed by atoms with Crippen LogP contribution in [0.3, 0.4) is 0 Å². The van der Waals surface area contributed by atoms with E-state index in [2.05, 4.69) is 51.9 Å². The van der Waals surface area contributed by atoms with Crippen LogP contribution in [0.5, 0.6) is 0 Å². The molecule has 1 atom stereocenters. The summed E-state index contributed by atoms with van der Waals surface area (Å²) >= 11 is 0. The second kappa shape index (κ2) is 7.98. The molecule has 0 spiro atoms. The van der Waals surface area contributed by atoms with E-state index in [9.17, 15) is 9.59 Å². The van der Waals surface area contributed by atoms with E-state index in [1.54, 1.807) is 11.2 Å². The van der Waals surface area contributed by atoms with Crippen LogP contribution in [0.25, 0.3) is 11.1 Å². The Morgan fingerprint density at radius 1 is 1.16 bits per heavy atom. The van der Waals surface area contributed by atoms with E-state index < -0.39 is 0 Å². The lowest BCUT2D eigenvalue weighted by Crippen LogP contribution is -2.34. The molecule has 5 rings (SSSR count). The number of carbonyl (C=O) groups excluding carboxylic acids is 2. The third kappa shape index (κ3) is 3.60. The highest BCUT2D eigenvalue weighted by Gasteiger charge is 2.35. The first-order valence-electron chi connectivity index (χ1n) is 10.8. The molecule has 1 N–H and O–H groups in total. The van der Waals surface area contributed by atoms with Crippen LogP contribution in [-0.2, 0) is 29.0 Å². The largest absolute Gasteiger partial charge is 0.355 e. The second-order valence-corrected chi connectivity index (χ2v) is 8.15. The molecule has 1 unspecified atom stereocenters. The maximum absolute atomic E-state index is 12.7. The van der Waals surface area contributed by atoms with Gasteiger partial charge in [-0.1, -0.05) is 30.3 Å². The molecular weight excluding hydrogens is 390 g/mol. The van der Waals surface area contributed by atoms with Crippen molar-refractivity contribution < 1.29 is 9.59 Å². The number of benzene rings is 2. The van der Waals surface area contributed by atoms with Crippen LogP contribution >= 0.6 is 0 Å². The Morgan fingerprint density at radius 2 is 2.00 bits per heavy atom. The number of hydrogen-bond donors (Lipinski definition) is 1. The van der Waals surface area contributed by atoms with Crippen LogP contribution in [0, 0.1) is 5.92 Å². The molecule has 0 bridgehead atoms. The zero-order valence-corrected chi connectivity index (χ0v) is 17.5. The molecule has 1 aromatic heterocycles. The van der Waals surface area contributed by atoms with Crippen molar-refractivity contribution in [2.24, 2.45) is 5.92 Å². The van der Waals surface area contributed by atoms with Crippen molar-refractivity contribution in [3.05, 3.63) is 65.7 Å². The number of carbonyl (C=O) groups is 2. The number of aryl methyl sites for hydroxylation is 1. The van der Waals surface area contributed by atoms with Crippen molar-refractivity contribution in [2.45, 2.75) is 32.7 Å². The molecule has 2 heterocycles. The summed E-state index contributed by atoms with van der Waals surface area (Å²) in [7, 11) is 0. The average Bonchev–Trinajstić information content (AvgIpc) is 3.49. The molecular formula is C24H25N5O2. The molecule has 0 saturated carbocycles. The summed E-state index contributed by atoms with van der Waals surface area (Å²) in [6, 6.07) is 14.6. The van der Waals surface area contributed by atoms with Gasteiger partial charge in [-0.25, -0.2) is 0 Å². The van der Waals surface area contributed by atoms with Crippen molar-refractivity contribution in [1.29, 1.82) is 0 Å². The molecule has 3 aromatic rings. The molecule has 1 aliphatic heterocycles. The molecule has 1 fully saturated rings. The molecule has 31 heavy (non-hydrogen) atoms. The van der Waals surface area contributed by atoms with Crippen LogP contribution in [0.4, 0.5) is 5.69 Å². The maximum atomic E-state index is 12.7. The highest BCUT2D eigenvalue weighted by molar-refractivity contribution is 6.00. The van der Waals surface area contributed by atoms with Crippen LogP contribution in [-0.4, -0.2) is 39.7 Å². The Kier molecular flexibility index (Phi) is 5.02. The van der Waals surface area contributed by atoms with E-state index in [1.165, 1.54) is 22.3 Å². The minimum Gasteiger partial charge on any atom is -0.355 e. The standard InChI is InChI=1S/C24H25N5O2/c1-2-28-15-26-27-22(28)9-10-25-24(31)18-13-23(30)29(14-18)19-7-8-21-17(12-19)11-16-5-3-4-6-20(16)21/h3-8,12,15,18H,2,9-11,13-14H2,1H3,(H,25,31). The lowest BCUT2D eigenvalue weighted by Gasteiger charge is -2.18. The van der Waals surface area contributed by atoms with Gasteiger partial charge >= 0.3 is 0 Å². The fourth-order valence-corrected chi connectivity index (χ4v) is 4.61. The highest BCUT2D eigenvalue weighted by Crippen LogP contribution is 2.39. The van der Waals surface area contributed by atoms with Gasteiger partial charge in [0.2, 0.25) is 11.8 Å². The zero-order valence-electron chi connectivity index (χ0n) is 17.5. The Hall–Kier alpha value is -3.48. The number of amides is 2. The van der Waals surface area contributed by atoms with Crippen LogP contribution in [0.2, 0.25) is 0 Å². The predicted octanol–water partition coefficient (Wildman–Crippen LogP) is 2.58. The molecule has 2 aliphatic rings. The highest BCUT2D eigenvalue weighted by atomic mass is 16.2. The van der Waals surface area contributed by atoms with Gasteiger partial charge in [0.15, 0.2) is 0 Å². The molecule has 7 heteroatoms. The number of nitrogens with one attached hydrogen (secondary N) is 1. The van der Waals surface area contributed by atoms with Gasteiger partial charge in [-0.3, -0.25) is 9.59 Å². The van der Waals surface area contributed by atoms with Gasteiger partial charge in [0.05, 0.1) is 5.92 Å². The SMILES string of the molecule is CCn1cnnc1CCNC(=O)C1CC(=O)N(c2ccc3c(c2)Cc2ccccc2-3)C1. The third-order valence-electron chi connectivity index (χ3n) is 6.27. The number of aromatic nitrogens is 3. The maximum Gasteiger partial charge on any atom is 0.227 e. The van der Waals surface area contributed by atoms with Crippen molar-refractivity contribution in [3.8, 4) is 11.1 Å². The number of fused-ring (bicyclic) bond motifs is 3. The monoisotopic (exact) mass is 415 g/mol. The Morgan fingerprint density at radius 3 is 2.87 bits per heavy atom. The van der Waals surface area contributed by atoms with E-state index in [-0.39, 0.29) is 24.2 Å². The fraction of sp³-hybridized carbons (Fsp3) is 0.333. The summed E-state index contributed by atoms with van der Waals surface area (Å²) in [6.07, 6.45) is 3.44. The first-order chi connectivity index (χ1) is 15.1. The van der Waals surface area contributed by atoms with Crippen LogP contribution in [0.1, 0.15) is 30.3 Å². The van der Waals surface area contributed by atoms with E-state index in [4.69, 9.17) is 0 Å². The molecule has 0 radical (unpaired) electrons. The topological polar surface area (TPSA) is 80.1 Å². The van der Waals surface area contributed by atoms with E-state index >= 15 is 0 Å². The minimum atomic E-state index is -0.331. The van der Waals surface area contributed by atoms with Gasteiger partial charge in [0.25, 0.3) is 0 Å². The van der Waals surface area contributed by atoms with E-state index in [0.717, 1.165) is 24.5 Å². The van der Waals surface area contributed by atoms with E-state index in [0.29, 0.717) is 19.5 Å². The minimum absolute atomic E-state index is 0.00124. The van der Waals surface area contributed by atoms with Crippen molar-refractivity contribution in [3.63, 3.8) is 0 Å². The summed E-state index contributed by atoms with van der Waals surface area (Å²) in [5.74, 6) is 0.446. The van der Waals surface area contributed by atoms with Crippen molar-refractivity contribution >= 4 is 17.5 Å². The summed E-state index contributed by atoms with van der Waals surface area (Å²) in [5, 5.41) is 11.0. The fourth-order valence-electron chi connectivity index (χ4n) is 4.61. The first kappa shape index (κ1) is 19.5. The number of rotatable bonds is 6. The zero-order chi connectivity index (χ0) is 21.4. The van der Waals surface area contributed by atoms with Gasteiger partial charge in [-0.05, 0) is 47.7 Å². The third-order valence-corrected chi connectivity index (χ3v) is 6.27. The Labute approximate surface area is 181 Å². The first-order valence-corrected chi connectivity index (χ1v) is 10.8. The normalized spacial score (nSPS) is 17.0. The molecule has 158 valence electrons. The molecule has 2 amide bonds. The number of nitrogens with zero attached hydrogens (tertiary/aromatic N) is 4. The Bertz CT molecular complexity index is 1150. The molecule has 1 saturated heterocycles. The van der Waals surface area contributed by atoms with Gasteiger partial charge in [0.1, 0.15) is 12.2 Å². The van der Waals surface area contributed by atoms with Crippen molar-refractivity contribution in [2.75, 3.05) is 18.0 Å². The van der Waals surface area contributed by atoms with Crippen LogP contribution in [0.15, 0.2) is 48.8 Å². The smallest absolute Gasteiger partial charge is 0.227 e. The second-order valence-electron chi connectivity index (χ2n) is 8.15. The van der Waals surface area contributed by atoms with Gasteiger partial charge in [-0.15, -0.1) is 10.2 Å².